The molecule has 1 aromatic heterocycles. The van der Waals surface area contributed by atoms with Crippen molar-refractivity contribution in [2.75, 3.05) is 5.32 Å². The zero-order chi connectivity index (χ0) is 21.8. The lowest BCUT2D eigenvalue weighted by molar-refractivity contribution is 0.0866. The third-order valence-electron chi connectivity index (χ3n) is 4.69. The summed E-state index contributed by atoms with van der Waals surface area (Å²) in [5.74, 6) is -0.737. The van der Waals surface area contributed by atoms with Gasteiger partial charge in [-0.1, -0.05) is 48.0 Å². The summed E-state index contributed by atoms with van der Waals surface area (Å²) in [5.41, 5.74) is 1.33. The van der Waals surface area contributed by atoms with Gasteiger partial charge in [-0.25, -0.2) is 4.98 Å². The molecule has 4 rings (SSSR count). The summed E-state index contributed by atoms with van der Waals surface area (Å²) < 4.78 is 0.757. The molecule has 5 nitrogen and oxygen atoms in total. The monoisotopic (exact) mass is 493 g/mol. The molecule has 3 aromatic carbocycles. The highest BCUT2D eigenvalue weighted by Gasteiger charge is 2.23. The fourth-order valence-electron chi connectivity index (χ4n) is 3.10. The highest BCUT2D eigenvalue weighted by Crippen LogP contribution is 2.19. The molecule has 1 amide bonds. The van der Waals surface area contributed by atoms with Crippen LogP contribution in [0, 0.1) is 0 Å². The van der Waals surface area contributed by atoms with Crippen LogP contribution < -0.4 is 10.6 Å². The van der Waals surface area contributed by atoms with Gasteiger partial charge in [0, 0.05) is 26.9 Å². The molecule has 0 bridgehead atoms. The maximum absolute atomic E-state index is 13.3. The normalized spacial score (nSPS) is 11.7. The molecule has 7 heteroatoms. The number of fused-ring (bicyclic) bond motifs is 1. The Morgan fingerprint density at radius 3 is 2.35 bits per heavy atom. The molecule has 2 N–H and O–H groups in total. The van der Waals surface area contributed by atoms with Crippen molar-refractivity contribution >= 4 is 55.7 Å². The third kappa shape index (κ3) is 5.10. The van der Waals surface area contributed by atoms with E-state index in [1.165, 1.54) is 6.20 Å². The molecular formula is C24H17BrClN3O2. The highest BCUT2D eigenvalue weighted by molar-refractivity contribution is 9.10. The van der Waals surface area contributed by atoms with Gasteiger partial charge < -0.3 is 10.6 Å². The van der Waals surface area contributed by atoms with E-state index in [0.29, 0.717) is 16.3 Å². The first-order valence-corrected chi connectivity index (χ1v) is 10.6. The van der Waals surface area contributed by atoms with Crippen LogP contribution in [0.2, 0.25) is 5.02 Å². The molecule has 0 saturated heterocycles. The number of nitrogens with zero attached hydrogens (tertiary/aromatic N) is 1. The Balaban J connectivity index is 1.64. The van der Waals surface area contributed by atoms with Crippen LogP contribution >= 0.6 is 27.5 Å². The van der Waals surface area contributed by atoms with Gasteiger partial charge in [0.05, 0.1) is 0 Å². The number of nitrogens with one attached hydrogen (secondary N) is 2. The first kappa shape index (κ1) is 21.0. The number of amides is 1. The predicted molar refractivity (Wildman–Crippen MR) is 127 cm³/mol. The number of carbonyl (C=O) groups excluding carboxylic acids is 2. The standard InChI is InChI=1S/C24H17BrClN3O2/c25-18-7-12-21(27-14-18)24(31)29-23(28-20-10-8-19(26)9-11-20)22(30)17-6-5-15-3-1-2-4-16(15)13-17/h1-14,23,28H,(H,29,31). The Bertz CT molecular complexity index is 1240. The Morgan fingerprint density at radius 1 is 0.903 bits per heavy atom. The van der Waals surface area contributed by atoms with E-state index < -0.39 is 12.1 Å². The SMILES string of the molecule is O=C(NC(Nc1ccc(Cl)cc1)C(=O)c1ccc2ccccc2c1)c1ccc(Br)cn1. The average Bonchev–Trinajstić information content (AvgIpc) is 2.79. The van der Waals surface area contributed by atoms with E-state index in [1.807, 2.05) is 36.4 Å². The lowest BCUT2D eigenvalue weighted by atomic mass is 10.0. The summed E-state index contributed by atoms with van der Waals surface area (Å²) in [6.45, 7) is 0. The summed E-state index contributed by atoms with van der Waals surface area (Å²) >= 11 is 9.26. The minimum absolute atomic E-state index is 0.206. The van der Waals surface area contributed by atoms with Crippen molar-refractivity contribution in [3.8, 4) is 0 Å². The molecule has 1 heterocycles. The van der Waals surface area contributed by atoms with Crippen molar-refractivity contribution in [2.24, 2.45) is 0 Å². The summed E-state index contributed by atoms with van der Waals surface area (Å²) in [4.78, 5) is 30.2. The van der Waals surface area contributed by atoms with E-state index in [0.717, 1.165) is 15.2 Å². The van der Waals surface area contributed by atoms with Crippen molar-refractivity contribution in [2.45, 2.75) is 6.17 Å². The van der Waals surface area contributed by atoms with E-state index in [1.54, 1.807) is 42.5 Å². The van der Waals surface area contributed by atoms with Crippen LogP contribution in [0.4, 0.5) is 5.69 Å². The number of rotatable bonds is 6. The topological polar surface area (TPSA) is 71.1 Å². The number of pyridine rings is 1. The highest BCUT2D eigenvalue weighted by atomic mass is 79.9. The number of hydrogen-bond acceptors (Lipinski definition) is 4. The maximum atomic E-state index is 13.3. The van der Waals surface area contributed by atoms with Crippen LogP contribution in [0.3, 0.4) is 0 Å². The lowest BCUT2D eigenvalue weighted by Crippen LogP contribution is -2.46. The number of carbonyl (C=O) groups is 2. The van der Waals surface area contributed by atoms with Gasteiger partial charge in [0.15, 0.2) is 6.17 Å². The van der Waals surface area contributed by atoms with Crippen LogP contribution in [0.25, 0.3) is 10.8 Å². The number of hydrogen-bond donors (Lipinski definition) is 2. The molecule has 0 radical (unpaired) electrons. The molecule has 0 spiro atoms. The number of Topliss-reactive ketones (excluding diaryl/α,β-unsaturated/α-hetero) is 1. The van der Waals surface area contributed by atoms with E-state index in [4.69, 9.17) is 11.6 Å². The number of halogens is 2. The van der Waals surface area contributed by atoms with Gasteiger partial charge in [-0.3, -0.25) is 9.59 Å². The first-order chi connectivity index (χ1) is 15.0. The molecule has 0 fully saturated rings. The van der Waals surface area contributed by atoms with Gasteiger partial charge >= 0.3 is 0 Å². The zero-order valence-electron chi connectivity index (χ0n) is 16.2. The minimum atomic E-state index is -1.000. The van der Waals surface area contributed by atoms with Gasteiger partial charge in [0.1, 0.15) is 5.69 Å². The summed E-state index contributed by atoms with van der Waals surface area (Å²) in [6, 6.07) is 23.4. The number of benzene rings is 3. The minimum Gasteiger partial charge on any atom is -0.359 e. The van der Waals surface area contributed by atoms with Crippen LogP contribution in [0.1, 0.15) is 20.8 Å². The predicted octanol–water partition coefficient (Wildman–Crippen LogP) is 5.70. The van der Waals surface area contributed by atoms with Gasteiger partial charge in [0.2, 0.25) is 5.78 Å². The second-order valence-electron chi connectivity index (χ2n) is 6.85. The fraction of sp³-hybridized carbons (Fsp3) is 0.0417. The van der Waals surface area contributed by atoms with E-state index >= 15 is 0 Å². The molecule has 31 heavy (non-hydrogen) atoms. The molecule has 154 valence electrons. The quantitative estimate of drug-likeness (QED) is 0.266. The van der Waals surface area contributed by atoms with Crippen molar-refractivity contribution in [3.63, 3.8) is 0 Å². The van der Waals surface area contributed by atoms with Crippen molar-refractivity contribution < 1.29 is 9.59 Å². The van der Waals surface area contributed by atoms with Gasteiger partial charge in [-0.2, -0.15) is 0 Å². The molecule has 0 aliphatic heterocycles. The number of aromatic nitrogens is 1. The molecule has 0 aliphatic carbocycles. The van der Waals surface area contributed by atoms with Crippen LogP contribution in [-0.2, 0) is 0 Å². The maximum Gasteiger partial charge on any atom is 0.271 e. The van der Waals surface area contributed by atoms with E-state index in [2.05, 4.69) is 31.5 Å². The Hall–Kier alpha value is -3.22. The van der Waals surface area contributed by atoms with Crippen LogP contribution in [0.15, 0.2) is 89.5 Å². The van der Waals surface area contributed by atoms with Crippen LogP contribution in [-0.4, -0.2) is 22.8 Å². The second-order valence-corrected chi connectivity index (χ2v) is 8.20. The van der Waals surface area contributed by atoms with Gasteiger partial charge in [0.25, 0.3) is 5.91 Å². The molecule has 0 saturated carbocycles. The fourth-order valence-corrected chi connectivity index (χ4v) is 3.46. The molecule has 0 aliphatic rings. The van der Waals surface area contributed by atoms with E-state index in [-0.39, 0.29) is 11.5 Å². The number of anilines is 1. The van der Waals surface area contributed by atoms with Crippen molar-refractivity contribution in [3.05, 3.63) is 106 Å². The molecule has 1 unspecified atom stereocenters. The Morgan fingerprint density at radius 2 is 1.65 bits per heavy atom. The second kappa shape index (κ2) is 9.29. The average molecular weight is 495 g/mol. The van der Waals surface area contributed by atoms with Crippen molar-refractivity contribution in [1.82, 2.24) is 10.3 Å². The Kier molecular flexibility index (Phi) is 6.30. The smallest absolute Gasteiger partial charge is 0.271 e. The summed E-state index contributed by atoms with van der Waals surface area (Å²) in [7, 11) is 0. The van der Waals surface area contributed by atoms with Crippen molar-refractivity contribution in [1.29, 1.82) is 0 Å². The first-order valence-electron chi connectivity index (χ1n) is 9.47. The third-order valence-corrected chi connectivity index (χ3v) is 5.41. The molecular weight excluding hydrogens is 478 g/mol. The van der Waals surface area contributed by atoms with Crippen LogP contribution in [0.5, 0.6) is 0 Å². The Labute approximate surface area is 192 Å². The van der Waals surface area contributed by atoms with Gasteiger partial charge in [-0.05, 0) is 69.2 Å². The lowest BCUT2D eigenvalue weighted by Gasteiger charge is -2.20. The summed E-state index contributed by atoms with van der Waals surface area (Å²) in [6.07, 6.45) is 0.530. The zero-order valence-corrected chi connectivity index (χ0v) is 18.5. The summed E-state index contributed by atoms with van der Waals surface area (Å²) in [5, 5.41) is 8.39. The molecule has 4 aromatic rings. The largest absolute Gasteiger partial charge is 0.359 e. The van der Waals surface area contributed by atoms with Gasteiger partial charge in [-0.15, -0.1) is 0 Å². The molecule has 1 atom stereocenters. The number of ketones is 1. The van der Waals surface area contributed by atoms with E-state index in [9.17, 15) is 9.59 Å².